The first-order chi connectivity index (χ1) is 17.0. The first-order valence-corrected chi connectivity index (χ1v) is 13.6. The van der Waals surface area contributed by atoms with Gasteiger partial charge in [0, 0.05) is 12.7 Å². The zero-order valence-electron chi connectivity index (χ0n) is 20.3. The highest BCUT2D eigenvalue weighted by Gasteiger charge is 2.30. The normalized spacial score (nSPS) is 16.1. The average molecular weight is 522 g/mol. The lowest BCUT2D eigenvalue weighted by molar-refractivity contribution is -0.137. The summed E-state index contributed by atoms with van der Waals surface area (Å²) in [6, 6.07) is 10.3. The van der Waals surface area contributed by atoms with Crippen molar-refractivity contribution in [3.05, 3.63) is 76.9 Å². The number of pyridine rings is 1. The summed E-state index contributed by atoms with van der Waals surface area (Å²) in [5.41, 5.74) is 2.51. The van der Waals surface area contributed by atoms with Gasteiger partial charge in [0.25, 0.3) is 0 Å². The monoisotopic (exact) mass is 521 g/mol. The van der Waals surface area contributed by atoms with E-state index in [1.54, 1.807) is 24.7 Å². The summed E-state index contributed by atoms with van der Waals surface area (Å²) in [5.74, 6) is 0.444. The number of benzene rings is 1. The summed E-state index contributed by atoms with van der Waals surface area (Å²) in [6.07, 6.45) is 0.144. The topological polar surface area (TPSA) is 81.0 Å². The molecule has 11 heteroatoms. The van der Waals surface area contributed by atoms with Crippen molar-refractivity contribution in [2.24, 2.45) is 0 Å². The van der Waals surface area contributed by atoms with Crippen LogP contribution in [0.5, 0.6) is 0 Å². The van der Waals surface area contributed by atoms with Gasteiger partial charge in [-0.1, -0.05) is 29.5 Å². The average Bonchev–Trinajstić information content (AvgIpc) is 3.25. The third-order valence-electron chi connectivity index (χ3n) is 6.54. The molecule has 0 bridgehead atoms. The molecule has 1 aromatic carbocycles. The molecule has 0 saturated carbocycles. The minimum absolute atomic E-state index is 0.0645. The Hall–Kier alpha value is -2.79. The number of likely N-dealkylation sites (tertiary alicyclic amines) is 1. The summed E-state index contributed by atoms with van der Waals surface area (Å²) < 4.78 is 64.3. The Bertz CT molecular complexity index is 1270. The number of halogens is 3. The fourth-order valence-electron chi connectivity index (χ4n) is 4.33. The third-order valence-corrected chi connectivity index (χ3v) is 8.72. The van der Waals surface area contributed by atoms with Gasteiger partial charge in [0.15, 0.2) is 9.84 Å². The molecule has 0 atom stereocenters. The molecule has 1 aliphatic rings. The van der Waals surface area contributed by atoms with Crippen LogP contribution in [0.4, 0.5) is 13.2 Å². The molecule has 1 fully saturated rings. The summed E-state index contributed by atoms with van der Waals surface area (Å²) in [5, 5.41) is 7.90. The molecule has 2 aromatic heterocycles. The molecule has 3 aromatic rings. The lowest BCUT2D eigenvalue weighted by Gasteiger charge is -2.31. The zero-order valence-corrected chi connectivity index (χ0v) is 21.1. The standard InChI is InChI=1S/C25H30F3N5O2S/c1-18(2)36(34,35)17-19-4-3-5-21(12-19)20-8-10-32(11-9-20)14-24-16-33(31-30-24)15-23-7-6-22(13-29-23)25(26,27)28/h3-7,12-13,16,18,20H,8-11,14-15,17H2,1-2H3. The van der Waals surface area contributed by atoms with E-state index in [1.807, 2.05) is 18.2 Å². The lowest BCUT2D eigenvalue weighted by atomic mass is 9.88. The van der Waals surface area contributed by atoms with Crippen molar-refractivity contribution >= 4 is 9.84 Å². The molecular weight excluding hydrogens is 491 g/mol. The van der Waals surface area contributed by atoms with Gasteiger partial charge in [0.05, 0.1) is 40.7 Å². The van der Waals surface area contributed by atoms with Gasteiger partial charge in [-0.05, 0) is 69.0 Å². The van der Waals surface area contributed by atoms with Gasteiger partial charge in [-0.25, -0.2) is 13.1 Å². The van der Waals surface area contributed by atoms with Crippen LogP contribution in [0.2, 0.25) is 0 Å². The molecule has 0 spiro atoms. The number of hydrogen-bond acceptors (Lipinski definition) is 6. The number of nitrogens with zero attached hydrogens (tertiary/aromatic N) is 5. The maximum atomic E-state index is 12.7. The largest absolute Gasteiger partial charge is 0.417 e. The first kappa shape index (κ1) is 26.3. The SMILES string of the molecule is CC(C)S(=O)(=O)Cc1cccc(C2CCN(Cc3cn(Cc4ccc(C(F)(F)F)cn4)nn3)CC2)c1. The van der Waals surface area contributed by atoms with Crippen molar-refractivity contribution in [3.8, 4) is 0 Å². The van der Waals surface area contributed by atoms with Crippen LogP contribution in [0.15, 0.2) is 48.8 Å². The predicted molar refractivity (Wildman–Crippen MR) is 130 cm³/mol. The van der Waals surface area contributed by atoms with Crippen LogP contribution in [0.25, 0.3) is 0 Å². The molecular formula is C25H30F3N5O2S. The summed E-state index contributed by atoms with van der Waals surface area (Å²) in [6.45, 7) is 6.06. The van der Waals surface area contributed by atoms with E-state index in [-0.39, 0.29) is 12.3 Å². The van der Waals surface area contributed by atoms with E-state index in [1.165, 1.54) is 11.6 Å². The molecule has 0 radical (unpaired) electrons. The molecule has 0 amide bonds. The number of sulfone groups is 1. The van der Waals surface area contributed by atoms with Gasteiger partial charge >= 0.3 is 6.18 Å². The van der Waals surface area contributed by atoms with Crippen LogP contribution < -0.4 is 0 Å². The zero-order chi connectivity index (χ0) is 25.9. The molecule has 7 nitrogen and oxygen atoms in total. The Morgan fingerprint density at radius 3 is 2.44 bits per heavy atom. The van der Waals surface area contributed by atoms with Crippen molar-refractivity contribution in [2.75, 3.05) is 13.1 Å². The minimum atomic E-state index is -4.41. The van der Waals surface area contributed by atoms with E-state index in [0.29, 0.717) is 18.2 Å². The number of aromatic nitrogens is 4. The van der Waals surface area contributed by atoms with Gasteiger partial charge in [0.1, 0.15) is 0 Å². The summed E-state index contributed by atoms with van der Waals surface area (Å²) in [7, 11) is -3.14. The van der Waals surface area contributed by atoms with E-state index >= 15 is 0 Å². The maximum Gasteiger partial charge on any atom is 0.417 e. The van der Waals surface area contributed by atoms with E-state index in [9.17, 15) is 21.6 Å². The van der Waals surface area contributed by atoms with Crippen molar-refractivity contribution in [1.29, 1.82) is 0 Å². The molecule has 1 aliphatic heterocycles. The highest BCUT2D eigenvalue weighted by molar-refractivity contribution is 7.91. The third kappa shape index (κ3) is 6.70. The van der Waals surface area contributed by atoms with Gasteiger partial charge in [-0.15, -0.1) is 5.10 Å². The van der Waals surface area contributed by atoms with Crippen LogP contribution in [-0.2, 0) is 34.9 Å². The molecule has 194 valence electrons. The van der Waals surface area contributed by atoms with Gasteiger partial charge in [-0.2, -0.15) is 13.2 Å². The van der Waals surface area contributed by atoms with E-state index < -0.39 is 26.8 Å². The predicted octanol–water partition coefficient (Wildman–Crippen LogP) is 4.44. The summed E-state index contributed by atoms with van der Waals surface area (Å²) >= 11 is 0. The van der Waals surface area contributed by atoms with Crippen molar-refractivity contribution in [2.45, 2.75) is 62.9 Å². The fraction of sp³-hybridized carbons (Fsp3) is 0.480. The van der Waals surface area contributed by atoms with Gasteiger partial charge in [-0.3, -0.25) is 9.88 Å². The van der Waals surface area contributed by atoms with Crippen molar-refractivity contribution in [1.82, 2.24) is 24.9 Å². The number of piperidine rings is 1. The van der Waals surface area contributed by atoms with Crippen molar-refractivity contribution < 1.29 is 21.6 Å². The molecule has 0 N–H and O–H groups in total. The van der Waals surface area contributed by atoms with Crippen LogP contribution >= 0.6 is 0 Å². The molecule has 3 heterocycles. The highest BCUT2D eigenvalue weighted by atomic mass is 32.2. The first-order valence-electron chi connectivity index (χ1n) is 11.9. The van der Waals surface area contributed by atoms with Gasteiger partial charge in [0.2, 0.25) is 0 Å². The van der Waals surface area contributed by atoms with E-state index in [0.717, 1.165) is 49.5 Å². The number of alkyl halides is 3. The maximum absolute atomic E-state index is 12.7. The molecule has 0 unspecified atom stereocenters. The second kappa shape index (κ2) is 10.7. The van der Waals surface area contributed by atoms with Crippen molar-refractivity contribution in [3.63, 3.8) is 0 Å². The number of hydrogen-bond donors (Lipinski definition) is 0. The Balaban J connectivity index is 1.29. The molecule has 36 heavy (non-hydrogen) atoms. The minimum Gasteiger partial charge on any atom is -0.297 e. The smallest absolute Gasteiger partial charge is 0.297 e. The number of rotatable bonds is 8. The van der Waals surface area contributed by atoms with Crippen LogP contribution in [0.1, 0.15) is 60.7 Å². The Labute approximate surface area is 209 Å². The van der Waals surface area contributed by atoms with Crippen LogP contribution in [0.3, 0.4) is 0 Å². The lowest BCUT2D eigenvalue weighted by Crippen LogP contribution is -2.32. The second-order valence-corrected chi connectivity index (χ2v) is 12.2. The van der Waals surface area contributed by atoms with Crippen LogP contribution in [-0.4, -0.2) is 51.6 Å². The highest BCUT2D eigenvalue weighted by Crippen LogP contribution is 2.30. The fourth-order valence-corrected chi connectivity index (χ4v) is 5.31. The quantitative estimate of drug-likeness (QED) is 0.436. The van der Waals surface area contributed by atoms with E-state index in [2.05, 4.69) is 26.3 Å². The molecule has 4 rings (SSSR count). The Morgan fingerprint density at radius 2 is 1.81 bits per heavy atom. The second-order valence-electron chi connectivity index (χ2n) is 9.59. The summed E-state index contributed by atoms with van der Waals surface area (Å²) in [4.78, 5) is 6.18. The van der Waals surface area contributed by atoms with Crippen LogP contribution in [0, 0.1) is 0 Å². The Kier molecular flexibility index (Phi) is 7.79. The molecule has 1 saturated heterocycles. The van der Waals surface area contributed by atoms with Gasteiger partial charge < -0.3 is 0 Å². The Morgan fingerprint density at radius 1 is 1.06 bits per heavy atom. The van der Waals surface area contributed by atoms with E-state index in [4.69, 9.17) is 0 Å². The molecule has 0 aliphatic carbocycles.